The average Bonchev–Trinajstić information content (AvgIpc) is 2.03. The highest BCUT2D eigenvalue weighted by molar-refractivity contribution is 6.21. The third-order valence-corrected chi connectivity index (χ3v) is 1.97. The number of hydrogen-bond acceptors (Lipinski definition) is 3. The van der Waals surface area contributed by atoms with Gasteiger partial charge < -0.3 is 5.11 Å². The summed E-state index contributed by atoms with van der Waals surface area (Å²) in [6.45, 7) is 1.66. The van der Waals surface area contributed by atoms with Gasteiger partial charge in [0.1, 0.15) is 0 Å². The summed E-state index contributed by atoms with van der Waals surface area (Å²) in [5, 5.41) is 11.1. The molecule has 0 aromatic heterocycles. The van der Waals surface area contributed by atoms with Gasteiger partial charge in [0, 0.05) is 18.4 Å². The van der Waals surface area contributed by atoms with Crippen molar-refractivity contribution in [1.29, 1.82) is 0 Å². The lowest BCUT2D eigenvalue weighted by Gasteiger charge is -2.19. The standard InChI is InChI=1S/C9H12O3/c1-2-6(10)9-7(11)4-3-5-8(9)12/h10H,2-5H2,1H3/p-1. The molecule has 1 aliphatic rings. The van der Waals surface area contributed by atoms with Gasteiger partial charge >= 0.3 is 0 Å². The average molecular weight is 167 g/mol. The first-order valence-electron chi connectivity index (χ1n) is 4.13. The summed E-state index contributed by atoms with van der Waals surface area (Å²) in [6.07, 6.45) is 1.55. The van der Waals surface area contributed by atoms with Crippen molar-refractivity contribution in [3.63, 3.8) is 0 Å². The summed E-state index contributed by atoms with van der Waals surface area (Å²) < 4.78 is 0. The van der Waals surface area contributed by atoms with E-state index in [1.807, 2.05) is 0 Å². The first-order chi connectivity index (χ1) is 5.66. The Hall–Kier alpha value is -1.12. The quantitative estimate of drug-likeness (QED) is 0.321. The second-order valence-corrected chi connectivity index (χ2v) is 2.85. The molecule has 0 saturated heterocycles. The predicted molar refractivity (Wildman–Crippen MR) is 41.2 cm³/mol. The zero-order valence-corrected chi connectivity index (χ0v) is 7.05. The topological polar surface area (TPSA) is 57.2 Å². The maximum absolute atomic E-state index is 11.1. The highest BCUT2D eigenvalue weighted by Gasteiger charge is 2.22. The van der Waals surface area contributed by atoms with E-state index in [4.69, 9.17) is 0 Å². The van der Waals surface area contributed by atoms with Crippen LogP contribution in [0.25, 0.3) is 0 Å². The van der Waals surface area contributed by atoms with Crippen LogP contribution in [0.15, 0.2) is 11.3 Å². The molecule has 0 unspecified atom stereocenters. The molecule has 1 aliphatic carbocycles. The second kappa shape index (κ2) is 3.52. The van der Waals surface area contributed by atoms with Gasteiger partial charge in [-0.05, 0) is 12.8 Å². The number of allylic oxidation sites excluding steroid dienone is 2. The molecular formula is C9H11O3-. The maximum atomic E-state index is 11.1. The van der Waals surface area contributed by atoms with Crippen LogP contribution in [0.2, 0.25) is 0 Å². The van der Waals surface area contributed by atoms with Crippen molar-refractivity contribution >= 4 is 11.6 Å². The van der Waals surface area contributed by atoms with Crippen LogP contribution in [-0.4, -0.2) is 11.6 Å². The van der Waals surface area contributed by atoms with Crippen LogP contribution in [0.5, 0.6) is 0 Å². The Morgan fingerprint density at radius 2 is 1.83 bits per heavy atom. The molecular weight excluding hydrogens is 156 g/mol. The molecule has 0 radical (unpaired) electrons. The van der Waals surface area contributed by atoms with Crippen LogP contribution in [-0.2, 0) is 9.59 Å². The van der Waals surface area contributed by atoms with Crippen molar-refractivity contribution in [2.24, 2.45) is 0 Å². The fourth-order valence-electron chi connectivity index (χ4n) is 1.30. The fraction of sp³-hybridized carbons (Fsp3) is 0.556. The molecule has 0 aromatic carbocycles. The molecule has 1 rings (SSSR count). The van der Waals surface area contributed by atoms with E-state index in [0.717, 1.165) is 0 Å². The Bertz CT molecular complexity index is 232. The number of ketones is 2. The van der Waals surface area contributed by atoms with Crippen LogP contribution in [0, 0.1) is 0 Å². The summed E-state index contributed by atoms with van der Waals surface area (Å²) in [7, 11) is 0. The van der Waals surface area contributed by atoms with E-state index < -0.39 is 0 Å². The summed E-state index contributed by atoms with van der Waals surface area (Å²) in [4.78, 5) is 22.3. The summed E-state index contributed by atoms with van der Waals surface area (Å²) >= 11 is 0. The Balaban J connectivity index is 2.98. The molecule has 0 bridgehead atoms. The SMILES string of the molecule is CCC([O-])=C1C(=O)CCCC1=O. The first kappa shape index (κ1) is 8.97. The van der Waals surface area contributed by atoms with Crippen molar-refractivity contribution in [2.45, 2.75) is 32.6 Å². The number of carbonyl (C=O) groups is 2. The largest absolute Gasteiger partial charge is 0.875 e. The molecule has 66 valence electrons. The molecule has 0 aliphatic heterocycles. The normalized spacial score (nSPS) is 18.2. The Kier molecular flexibility index (Phi) is 2.63. The molecule has 3 nitrogen and oxygen atoms in total. The molecule has 0 aromatic rings. The smallest absolute Gasteiger partial charge is 0.165 e. The van der Waals surface area contributed by atoms with Crippen molar-refractivity contribution in [3.05, 3.63) is 11.3 Å². The Labute approximate surface area is 71.1 Å². The van der Waals surface area contributed by atoms with Crippen molar-refractivity contribution in [2.75, 3.05) is 0 Å². The molecule has 0 amide bonds. The highest BCUT2D eigenvalue weighted by atomic mass is 16.3. The highest BCUT2D eigenvalue weighted by Crippen LogP contribution is 2.18. The predicted octanol–water partition coefficient (Wildman–Crippen LogP) is 0.333. The van der Waals surface area contributed by atoms with Gasteiger partial charge in [0.05, 0.1) is 0 Å². The van der Waals surface area contributed by atoms with Crippen LogP contribution in [0.3, 0.4) is 0 Å². The second-order valence-electron chi connectivity index (χ2n) is 2.85. The number of carbonyl (C=O) groups excluding carboxylic acids is 2. The minimum absolute atomic E-state index is 0.0660. The van der Waals surface area contributed by atoms with Crippen LogP contribution in [0.1, 0.15) is 32.6 Å². The van der Waals surface area contributed by atoms with E-state index in [1.165, 1.54) is 0 Å². The van der Waals surface area contributed by atoms with Gasteiger partial charge in [0.15, 0.2) is 11.6 Å². The molecule has 1 fully saturated rings. The van der Waals surface area contributed by atoms with E-state index in [-0.39, 0.29) is 29.3 Å². The molecule has 0 heterocycles. The van der Waals surface area contributed by atoms with Crippen LogP contribution >= 0.6 is 0 Å². The van der Waals surface area contributed by atoms with Crippen LogP contribution in [0.4, 0.5) is 0 Å². The third kappa shape index (κ3) is 1.55. The van der Waals surface area contributed by atoms with Crippen molar-refractivity contribution < 1.29 is 14.7 Å². The van der Waals surface area contributed by atoms with E-state index in [2.05, 4.69) is 0 Å². The molecule has 3 heteroatoms. The Morgan fingerprint density at radius 3 is 2.25 bits per heavy atom. The van der Waals surface area contributed by atoms with Gasteiger partial charge in [0.2, 0.25) is 0 Å². The maximum Gasteiger partial charge on any atom is 0.165 e. The molecule has 1 saturated carbocycles. The van der Waals surface area contributed by atoms with E-state index >= 15 is 0 Å². The molecule has 0 N–H and O–H groups in total. The van der Waals surface area contributed by atoms with Gasteiger partial charge in [-0.25, -0.2) is 0 Å². The summed E-state index contributed by atoms with van der Waals surface area (Å²) in [5.74, 6) is -0.832. The number of rotatable bonds is 1. The molecule has 0 atom stereocenters. The zero-order valence-electron chi connectivity index (χ0n) is 7.05. The zero-order chi connectivity index (χ0) is 9.14. The lowest BCUT2D eigenvalue weighted by Crippen LogP contribution is -2.24. The first-order valence-corrected chi connectivity index (χ1v) is 4.13. The summed E-state index contributed by atoms with van der Waals surface area (Å²) in [5.41, 5.74) is -0.0660. The fourth-order valence-corrected chi connectivity index (χ4v) is 1.30. The van der Waals surface area contributed by atoms with Gasteiger partial charge in [0.25, 0.3) is 0 Å². The van der Waals surface area contributed by atoms with Gasteiger partial charge in [-0.3, -0.25) is 9.59 Å². The van der Waals surface area contributed by atoms with Gasteiger partial charge in [-0.15, -0.1) is 5.76 Å². The Morgan fingerprint density at radius 1 is 1.33 bits per heavy atom. The minimum Gasteiger partial charge on any atom is -0.875 e. The third-order valence-electron chi connectivity index (χ3n) is 1.97. The van der Waals surface area contributed by atoms with E-state index in [9.17, 15) is 14.7 Å². The van der Waals surface area contributed by atoms with Gasteiger partial charge in [-0.2, -0.15) is 0 Å². The lowest BCUT2D eigenvalue weighted by molar-refractivity contribution is -0.307. The lowest BCUT2D eigenvalue weighted by atomic mass is 9.91. The minimum atomic E-state index is -0.301. The van der Waals surface area contributed by atoms with E-state index in [0.29, 0.717) is 19.3 Å². The van der Waals surface area contributed by atoms with Gasteiger partial charge in [-0.1, -0.05) is 6.92 Å². The van der Waals surface area contributed by atoms with Crippen molar-refractivity contribution in [1.82, 2.24) is 0 Å². The van der Waals surface area contributed by atoms with Crippen molar-refractivity contribution in [3.8, 4) is 0 Å². The molecule has 12 heavy (non-hydrogen) atoms. The summed E-state index contributed by atoms with van der Waals surface area (Å²) in [6, 6.07) is 0. The molecule has 0 spiro atoms. The number of hydrogen-bond donors (Lipinski definition) is 0. The number of Topliss-reactive ketones (excluding diaryl/α,β-unsaturated/α-hetero) is 2. The van der Waals surface area contributed by atoms with E-state index in [1.54, 1.807) is 6.92 Å². The van der Waals surface area contributed by atoms with Crippen LogP contribution < -0.4 is 5.11 Å². The monoisotopic (exact) mass is 167 g/mol.